The first-order chi connectivity index (χ1) is 9.58. The Morgan fingerprint density at radius 2 is 2.05 bits per heavy atom. The van der Waals surface area contributed by atoms with Crippen molar-refractivity contribution in [1.29, 1.82) is 5.41 Å². The van der Waals surface area contributed by atoms with Crippen LogP contribution < -0.4 is 5.73 Å². The zero-order chi connectivity index (χ0) is 14.5. The Bertz CT molecular complexity index is 643. The van der Waals surface area contributed by atoms with E-state index in [4.69, 9.17) is 11.1 Å². The Morgan fingerprint density at radius 1 is 1.35 bits per heavy atom. The van der Waals surface area contributed by atoms with E-state index < -0.39 is 4.92 Å². The first-order valence-electron chi connectivity index (χ1n) is 5.73. The molecule has 7 heteroatoms. The third-order valence-electron chi connectivity index (χ3n) is 2.59. The van der Waals surface area contributed by atoms with Crippen molar-refractivity contribution in [3.8, 4) is 0 Å². The lowest BCUT2D eigenvalue weighted by molar-refractivity contribution is -0.384. The summed E-state index contributed by atoms with van der Waals surface area (Å²) >= 11 is 1.51. The summed E-state index contributed by atoms with van der Waals surface area (Å²) in [5, 5.41) is 18.0. The molecule has 0 bridgehead atoms. The molecule has 2 rings (SSSR count). The van der Waals surface area contributed by atoms with Gasteiger partial charge in [-0.2, -0.15) is 0 Å². The predicted octanol–water partition coefficient (Wildman–Crippen LogP) is 2.57. The van der Waals surface area contributed by atoms with Crippen LogP contribution in [0.3, 0.4) is 0 Å². The topological polar surface area (TPSA) is 106 Å². The molecule has 0 spiro atoms. The molecule has 0 amide bonds. The summed E-state index contributed by atoms with van der Waals surface area (Å²) < 4.78 is 0. The van der Waals surface area contributed by atoms with Gasteiger partial charge in [0, 0.05) is 29.0 Å². The summed E-state index contributed by atoms with van der Waals surface area (Å²) in [6.07, 6.45) is 1.59. The van der Waals surface area contributed by atoms with Crippen molar-refractivity contribution >= 4 is 23.3 Å². The van der Waals surface area contributed by atoms with Crippen LogP contribution in [0.15, 0.2) is 47.5 Å². The number of rotatable bonds is 5. The van der Waals surface area contributed by atoms with Crippen LogP contribution in [-0.2, 0) is 5.75 Å². The van der Waals surface area contributed by atoms with E-state index in [0.717, 1.165) is 10.5 Å². The number of thioether (sulfide) groups is 1. The van der Waals surface area contributed by atoms with Crippen LogP contribution in [0.25, 0.3) is 0 Å². The number of nitrogens with one attached hydrogen (secondary N) is 1. The fourth-order valence-electron chi connectivity index (χ4n) is 1.62. The van der Waals surface area contributed by atoms with Crippen molar-refractivity contribution < 1.29 is 4.92 Å². The molecule has 20 heavy (non-hydrogen) atoms. The molecule has 0 radical (unpaired) electrons. The van der Waals surface area contributed by atoms with Gasteiger partial charge in [0.2, 0.25) is 0 Å². The van der Waals surface area contributed by atoms with Gasteiger partial charge in [0.15, 0.2) is 0 Å². The van der Waals surface area contributed by atoms with Gasteiger partial charge in [-0.25, -0.2) is 0 Å². The normalized spacial score (nSPS) is 10.2. The van der Waals surface area contributed by atoms with Crippen LogP contribution >= 0.6 is 11.8 Å². The van der Waals surface area contributed by atoms with Crippen LogP contribution in [0, 0.1) is 15.5 Å². The minimum absolute atomic E-state index is 0.0649. The lowest BCUT2D eigenvalue weighted by Gasteiger charge is -2.06. The first-order valence-corrected chi connectivity index (χ1v) is 6.72. The van der Waals surface area contributed by atoms with Crippen molar-refractivity contribution in [2.45, 2.75) is 10.6 Å². The third kappa shape index (κ3) is 3.33. The van der Waals surface area contributed by atoms with Gasteiger partial charge in [-0.05, 0) is 23.8 Å². The predicted molar refractivity (Wildman–Crippen MR) is 77.9 cm³/mol. The Labute approximate surface area is 119 Å². The van der Waals surface area contributed by atoms with Gasteiger partial charge < -0.3 is 5.73 Å². The zero-order valence-corrected chi connectivity index (χ0v) is 11.3. The molecule has 3 N–H and O–H groups in total. The second kappa shape index (κ2) is 6.16. The minimum atomic E-state index is -0.427. The monoisotopic (exact) mass is 288 g/mol. The van der Waals surface area contributed by atoms with E-state index in [2.05, 4.69) is 4.98 Å². The number of hydrogen-bond acceptors (Lipinski definition) is 5. The molecule has 0 aliphatic rings. The third-order valence-corrected chi connectivity index (χ3v) is 3.65. The number of nitrogens with zero attached hydrogens (tertiary/aromatic N) is 2. The van der Waals surface area contributed by atoms with Gasteiger partial charge in [-0.15, -0.1) is 11.8 Å². The molecule has 0 saturated carbocycles. The highest BCUT2D eigenvalue weighted by atomic mass is 32.2. The maximum Gasteiger partial charge on any atom is 0.269 e. The molecule has 0 aliphatic carbocycles. The molecule has 1 heterocycles. The number of hydrogen-bond donors (Lipinski definition) is 2. The standard InChI is InChI=1S/C13H12N4O2S/c14-13(15)12-9(2-1-7-16-12)8-20-11-5-3-10(4-6-11)17(18)19/h1-7H,8H2,(H3,14,15). The minimum Gasteiger partial charge on any atom is -0.382 e. The van der Waals surface area contributed by atoms with Crippen LogP contribution in [-0.4, -0.2) is 15.7 Å². The highest BCUT2D eigenvalue weighted by molar-refractivity contribution is 7.98. The molecule has 102 valence electrons. The molecule has 0 atom stereocenters. The molecule has 6 nitrogen and oxygen atoms in total. The summed E-state index contributed by atoms with van der Waals surface area (Å²) in [5.41, 5.74) is 6.88. The van der Waals surface area contributed by atoms with Crippen molar-refractivity contribution in [2.75, 3.05) is 0 Å². The van der Waals surface area contributed by atoms with Crippen LogP contribution in [0.2, 0.25) is 0 Å². The quantitative estimate of drug-likeness (QED) is 0.289. The van der Waals surface area contributed by atoms with Crippen LogP contribution in [0.5, 0.6) is 0 Å². The molecule has 1 aromatic carbocycles. The van der Waals surface area contributed by atoms with Gasteiger partial charge in [-0.1, -0.05) is 6.07 Å². The summed E-state index contributed by atoms with van der Waals surface area (Å²) in [6, 6.07) is 9.99. The largest absolute Gasteiger partial charge is 0.382 e. The lowest BCUT2D eigenvalue weighted by Crippen LogP contribution is -2.15. The first kappa shape index (κ1) is 14.0. The highest BCUT2D eigenvalue weighted by Crippen LogP contribution is 2.25. The maximum atomic E-state index is 10.6. The van der Waals surface area contributed by atoms with E-state index in [1.807, 2.05) is 6.07 Å². The maximum absolute atomic E-state index is 10.6. The fourth-order valence-corrected chi connectivity index (χ4v) is 2.51. The molecular formula is C13H12N4O2S. The number of nitrogens with two attached hydrogens (primary N) is 1. The molecule has 0 aliphatic heterocycles. The number of non-ortho nitro benzene ring substituents is 1. The van der Waals surface area contributed by atoms with E-state index >= 15 is 0 Å². The Balaban J connectivity index is 2.09. The molecule has 2 aromatic rings. The number of nitro groups is 1. The zero-order valence-electron chi connectivity index (χ0n) is 10.4. The van der Waals surface area contributed by atoms with Gasteiger partial charge >= 0.3 is 0 Å². The average molecular weight is 288 g/mol. The Kier molecular flexibility index (Phi) is 4.31. The molecular weight excluding hydrogens is 276 g/mol. The number of nitro benzene ring substituents is 1. The van der Waals surface area contributed by atoms with Gasteiger partial charge in [0.25, 0.3) is 5.69 Å². The van der Waals surface area contributed by atoms with E-state index in [1.54, 1.807) is 24.4 Å². The Hall–Kier alpha value is -2.41. The summed E-state index contributed by atoms with van der Waals surface area (Å²) in [4.78, 5) is 15.1. The summed E-state index contributed by atoms with van der Waals surface area (Å²) in [6.45, 7) is 0. The number of pyridine rings is 1. The van der Waals surface area contributed by atoms with Gasteiger partial charge in [0.05, 0.1) is 4.92 Å². The van der Waals surface area contributed by atoms with Crippen molar-refractivity contribution in [1.82, 2.24) is 4.98 Å². The Morgan fingerprint density at radius 3 is 2.65 bits per heavy atom. The molecule has 0 saturated heterocycles. The lowest BCUT2D eigenvalue weighted by atomic mass is 10.2. The highest BCUT2D eigenvalue weighted by Gasteiger charge is 2.08. The van der Waals surface area contributed by atoms with E-state index in [9.17, 15) is 10.1 Å². The number of amidine groups is 1. The van der Waals surface area contributed by atoms with Crippen LogP contribution in [0.1, 0.15) is 11.3 Å². The average Bonchev–Trinajstić information content (AvgIpc) is 2.45. The SMILES string of the molecule is N=C(N)c1ncccc1CSc1ccc([N+](=O)[O-])cc1. The van der Waals surface area contributed by atoms with E-state index in [-0.39, 0.29) is 11.5 Å². The van der Waals surface area contributed by atoms with E-state index in [1.165, 1.54) is 23.9 Å². The second-order valence-corrected chi connectivity index (χ2v) is 5.01. The van der Waals surface area contributed by atoms with E-state index in [0.29, 0.717) is 11.4 Å². The molecule has 1 aromatic heterocycles. The second-order valence-electron chi connectivity index (χ2n) is 3.96. The van der Waals surface area contributed by atoms with Gasteiger partial charge in [0.1, 0.15) is 11.5 Å². The number of aromatic nitrogens is 1. The number of benzene rings is 1. The van der Waals surface area contributed by atoms with Crippen molar-refractivity contribution in [3.63, 3.8) is 0 Å². The van der Waals surface area contributed by atoms with Crippen LogP contribution in [0.4, 0.5) is 5.69 Å². The van der Waals surface area contributed by atoms with Gasteiger partial charge in [-0.3, -0.25) is 20.5 Å². The summed E-state index contributed by atoms with van der Waals surface area (Å²) in [7, 11) is 0. The smallest absolute Gasteiger partial charge is 0.269 e. The van der Waals surface area contributed by atoms with Crippen molar-refractivity contribution in [2.24, 2.45) is 5.73 Å². The summed E-state index contributed by atoms with van der Waals surface area (Å²) in [5.74, 6) is 0.533. The van der Waals surface area contributed by atoms with Crippen molar-refractivity contribution in [3.05, 3.63) is 64.0 Å². The number of nitrogen functional groups attached to an aromatic ring is 1. The fraction of sp³-hybridized carbons (Fsp3) is 0.0769. The molecule has 0 fully saturated rings. The molecule has 0 unspecified atom stereocenters.